The fourth-order valence-corrected chi connectivity index (χ4v) is 2.00. The van der Waals surface area contributed by atoms with Gasteiger partial charge in [-0.05, 0) is 32.8 Å². The van der Waals surface area contributed by atoms with E-state index < -0.39 is 5.60 Å². The highest BCUT2D eigenvalue weighted by molar-refractivity contribution is 5.85. The van der Waals surface area contributed by atoms with E-state index in [2.05, 4.69) is 0 Å². The van der Waals surface area contributed by atoms with Crippen LogP contribution < -0.4 is 0 Å². The SMILES string of the molecule is COC(C)(C)C(=O)N(Cc1ccccc1F)C1CC1. The zero-order valence-corrected chi connectivity index (χ0v) is 11.6. The van der Waals surface area contributed by atoms with Crippen molar-refractivity contribution in [2.24, 2.45) is 0 Å². The molecule has 2 rings (SSSR count). The summed E-state index contributed by atoms with van der Waals surface area (Å²) >= 11 is 0. The van der Waals surface area contributed by atoms with Gasteiger partial charge in [0, 0.05) is 25.3 Å². The first-order valence-corrected chi connectivity index (χ1v) is 6.55. The van der Waals surface area contributed by atoms with Crippen molar-refractivity contribution in [3.8, 4) is 0 Å². The third kappa shape index (κ3) is 3.13. The third-order valence-corrected chi connectivity index (χ3v) is 3.57. The summed E-state index contributed by atoms with van der Waals surface area (Å²) in [5.74, 6) is -0.350. The largest absolute Gasteiger partial charge is 0.369 e. The van der Waals surface area contributed by atoms with Gasteiger partial charge < -0.3 is 9.64 Å². The Morgan fingerprint density at radius 3 is 2.58 bits per heavy atom. The lowest BCUT2D eigenvalue weighted by Crippen LogP contribution is -2.47. The Labute approximate surface area is 113 Å². The monoisotopic (exact) mass is 265 g/mol. The molecule has 1 amide bonds. The number of carbonyl (C=O) groups is 1. The second-order valence-corrected chi connectivity index (χ2v) is 5.47. The van der Waals surface area contributed by atoms with Crippen molar-refractivity contribution < 1.29 is 13.9 Å². The van der Waals surface area contributed by atoms with Gasteiger partial charge in [0.1, 0.15) is 11.4 Å². The first-order valence-electron chi connectivity index (χ1n) is 6.55. The molecular weight excluding hydrogens is 245 g/mol. The summed E-state index contributed by atoms with van der Waals surface area (Å²) in [6, 6.07) is 6.81. The smallest absolute Gasteiger partial charge is 0.254 e. The molecule has 1 fully saturated rings. The quantitative estimate of drug-likeness (QED) is 0.819. The van der Waals surface area contributed by atoms with E-state index in [1.54, 1.807) is 36.9 Å². The third-order valence-electron chi connectivity index (χ3n) is 3.57. The van der Waals surface area contributed by atoms with Crippen LogP contribution in [0, 0.1) is 5.82 Å². The molecule has 0 heterocycles. The molecule has 1 aliphatic rings. The molecule has 0 N–H and O–H groups in total. The maximum absolute atomic E-state index is 13.7. The number of halogens is 1. The molecular formula is C15H20FNO2. The molecule has 1 aromatic carbocycles. The lowest BCUT2D eigenvalue weighted by atomic mass is 10.1. The van der Waals surface area contributed by atoms with E-state index in [4.69, 9.17) is 4.74 Å². The van der Waals surface area contributed by atoms with Crippen molar-refractivity contribution in [2.45, 2.75) is 44.9 Å². The zero-order valence-electron chi connectivity index (χ0n) is 11.6. The predicted molar refractivity (Wildman–Crippen MR) is 71.1 cm³/mol. The van der Waals surface area contributed by atoms with Crippen LogP contribution in [0.5, 0.6) is 0 Å². The van der Waals surface area contributed by atoms with Gasteiger partial charge in [-0.1, -0.05) is 18.2 Å². The van der Waals surface area contributed by atoms with E-state index in [0.717, 1.165) is 12.8 Å². The highest BCUT2D eigenvalue weighted by atomic mass is 19.1. The summed E-state index contributed by atoms with van der Waals surface area (Å²) in [6.45, 7) is 3.79. The van der Waals surface area contributed by atoms with Crippen molar-refractivity contribution in [1.82, 2.24) is 4.90 Å². The Balaban J connectivity index is 2.18. The Kier molecular flexibility index (Phi) is 3.90. The average Bonchev–Trinajstić information content (AvgIpc) is 3.21. The molecule has 0 spiro atoms. The van der Waals surface area contributed by atoms with Gasteiger partial charge in [0.05, 0.1) is 0 Å². The number of amides is 1. The van der Waals surface area contributed by atoms with Crippen molar-refractivity contribution in [3.63, 3.8) is 0 Å². The molecule has 0 aliphatic heterocycles. The topological polar surface area (TPSA) is 29.5 Å². The van der Waals surface area contributed by atoms with Crippen LogP contribution in [0.2, 0.25) is 0 Å². The molecule has 0 aromatic heterocycles. The number of ether oxygens (including phenoxy) is 1. The van der Waals surface area contributed by atoms with Crippen molar-refractivity contribution >= 4 is 5.91 Å². The molecule has 19 heavy (non-hydrogen) atoms. The first kappa shape index (κ1) is 14.0. The van der Waals surface area contributed by atoms with Gasteiger partial charge in [0.15, 0.2) is 0 Å². The minimum Gasteiger partial charge on any atom is -0.369 e. The summed E-state index contributed by atoms with van der Waals surface area (Å²) < 4.78 is 18.9. The van der Waals surface area contributed by atoms with Crippen LogP contribution in [-0.4, -0.2) is 29.6 Å². The van der Waals surface area contributed by atoms with Gasteiger partial charge in [0.25, 0.3) is 5.91 Å². The standard InChI is InChI=1S/C15H20FNO2/c1-15(2,19-3)14(18)17(12-8-9-12)10-11-6-4-5-7-13(11)16/h4-7,12H,8-10H2,1-3H3. The molecule has 3 nitrogen and oxygen atoms in total. The molecule has 0 bridgehead atoms. The summed E-state index contributed by atoms with van der Waals surface area (Å²) in [5, 5.41) is 0. The maximum atomic E-state index is 13.7. The van der Waals surface area contributed by atoms with Gasteiger partial charge in [-0.3, -0.25) is 4.79 Å². The Hall–Kier alpha value is -1.42. The van der Waals surface area contributed by atoms with Crippen LogP contribution in [0.25, 0.3) is 0 Å². The number of carbonyl (C=O) groups excluding carboxylic acids is 1. The van der Waals surface area contributed by atoms with E-state index in [0.29, 0.717) is 12.1 Å². The molecule has 0 radical (unpaired) electrons. The Morgan fingerprint density at radius 2 is 2.05 bits per heavy atom. The van der Waals surface area contributed by atoms with Crippen molar-refractivity contribution in [2.75, 3.05) is 7.11 Å². The summed E-state index contributed by atoms with van der Waals surface area (Å²) in [4.78, 5) is 14.2. The van der Waals surface area contributed by atoms with E-state index in [9.17, 15) is 9.18 Å². The number of methoxy groups -OCH3 is 1. The summed E-state index contributed by atoms with van der Waals surface area (Å²) in [6.07, 6.45) is 1.97. The second-order valence-electron chi connectivity index (χ2n) is 5.47. The van der Waals surface area contributed by atoms with Crippen LogP contribution in [0.3, 0.4) is 0 Å². The van der Waals surface area contributed by atoms with Crippen LogP contribution in [-0.2, 0) is 16.1 Å². The lowest BCUT2D eigenvalue weighted by Gasteiger charge is -2.31. The zero-order chi connectivity index (χ0) is 14.0. The van der Waals surface area contributed by atoms with Crippen LogP contribution in [0.1, 0.15) is 32.3 Å². The number of rotatable bonds is 5. The molecule has 0 atom stereocenters. The Morgan fingerprint density at radius 1 is 1.42 bits per heavy atom. The fourth-order valence-electron chi connectivity index (χ4n) is 2.00. The van der Waals surface area contributed by atoms with Crippen molar-refractivity contribution in [3.05, 3.63) is 35.6 Å². The second kappa shape index (κ2) is 5.29. The summed E-state index contributed by atoms with van der Waals surface area (Å²) in [5.41, 5.74) is -0.317. The number of nitrogens with zero attached hydrogens (tertiary/aromatic N) is 1. The minimum absolute atomic E-state index is 0.0826. The van der Waals surface area contributed by atoms with Crippen molar-refractivity contribution in [1.29, 1.82) is 0 Å². The molecule has 0 unspecified atom stereocenters. The van der Waals surface area contributed by atoms with Gasteiger partial charge in [-0.25, -0.2) is 4.39 Å². The molecule has 1 aromatic rings. The van der Waals surface area contributed by atoms with Gasteiger partial charge in [-0.2, -0.15) is 0 Å². The predicted octanol–water partition coefficient (Wildman–Crippen LogP) is 2.74. The molecule has 1 saturated carbocycles. The molecule has 0 saturated heterocycles. The average molecular weight is 265 g/mol. The summed E-state index contributed by atoms with van der Waals surface area (Å²) in [7, 11) is 1.52. The highest BCUT2D eigenvalue weighted by Crippen LogP contribution is 2.31. The molecule has 104 valence electrons. The normalized spacial score (nSPS) is 15.4. The van der Waals surface area contributed by atoms with Crippen LogP contribution >= 0.6 is 0 Å². The van der Waals surface area contributed by atoms with Gasteiger partial charge >= 0.3 is 0 Å². The van der Waals surface area contributed by atoms with E-state index in [-0.39, 0.29) is 17.8 Å². The van der Waals surface area contributed by atoms with E-state index >= 15 is 0 Å². The lowest BCUT2D eigenvalue weighted by molar-refractivity contribution is -0.152. The number of hydrogen-bond donors (Lipinski definition) is 0. The number of benzene rings is 1. The van der Waals surface area contributed by atoms with Crippen LogP contribution in [0.4, 0.5) is 4.39 Å². The minimum atomic E-state index is -0.867. The Bertz CT molecular complexity index is 469. The number of hydrogen-bond acceptors (Lipinski definition) is 2. The highest BCUT2D eigenvalue weighted by Gasteiger charge is 2.39. The van der Waals surface area contributed by atoms with Crippen LogP contribution in [0.15, 0.2) is 24.3 Å². The first-order chi connectivity index (χ1) is 8.95. The molecule has 4 heteroatoms. The van der Waals surface area contributed by atoms with Gasteiger partial charge in [-0.15, -0.1) is 0 Å². The maximum Gasteiger partial charge on any atom is 0.254 e. The van der Waals surface area contributed by atoms with E-state index in [1.165, 1.54) is 13.2 Å². The fraction of sp³-hybridized carbons (Fsp3) is 0.533. The van der Waals surface area contributed by atoms with Gasteiger partial charge in [0.2, 0.25) is 0 Å². The van der Waals surface area contributed by atoms with E-state index in [1.807, 2.05) is 0 Å². The molecule has 1 aliphatic carbocycles.